The Morgan fingerprint density at radius 3 is 2.17 bits per heavy atom. The second-order valence-electron chi connectivity index (χ2n) is 6.98. The zero-order valence-electron chi connectivity index (χ0n) is 17.1. The zero-order valence-corrected chi connectivity index (χ0v) is 17.1. The number of rotatable bonds is 6. The number of para-hydroxylation sites is 1. The van der Waals surface area contributed by atoms with Gasteiger partial charge >= 0.3 is 5.97 Å². The van der Waals surface area contributed by atoms with Crippen LogP contribution in [0.1, 0.15) is 24.1 Å². The summed E-state index contributed by atoms with van der Waals surface area (Å²) in [6.45, 7) is 2.14. The molecule has 0 amide bonds. The van der Waals surface area contributed by atoms with E-state index in [1.165, 1.54) is 0 Å². The van der Waals surface area contributed by atoms with Crippen LogP contribution in [0.5, 0.6) is 5.75 Å². The maximum absolute atomic E-state index is 13.2. The fraction of sp³-hybridized carbons (Fsp3) is 0.200. The van der Waals surface area contributed by atoms with Crippen LogP contribution in [0.4, 0.5) is 5.69 Å². The van der Waals surface area contributed by atoms with Crippen molar-refractivity contribution >= 4 is 17.4 Å². The predicted octanol–water partition coefficient (Wildman–Crippen LogP) is 4.84. The third kappa shape index (κ3) is 3.79. The molecule has 0 radical (unpaired) electrons. The molecule has 152 valence electrons. The van der Waals surface area contributed by atoms with Gasteiger partial charge in [0.25, 0.3) is 0 Å². The van der Waals surface area contributed by atoms with Gasteiger partial charge in [-0.15, -0.1) is 0 Å². The summed E-state index contributed by atoms with van der Waals surface area (Å²) >= 11 is 0. The van der Waals surface area contributed by atoms with Crippen LogP contribution in [0.2, 0.25) is 0 Å². The van der Waals surface area contributed by atoms with Gasteiger partial charge in [0, 0.05) is 0 Å². The number of ether oxygens (including phenoxy) is 2. The van der Waals surface area contributed by atoms with Crippen molar-refractivity contribution < 1.29 is 14.3 Å². The number of esters is 1. The van der Waals surface area contributed by atoms with E-state index < -0.39 is 5.92 Å². The highest BCUT2D eigenvalue weighted by Crippen LogP contribution is 2.41. The Labute approximate surface area is 176 Å². The zero-order chi connectivity index (χ0) is 20.9. The number of methoxy groups -OCH3 is 1. The molecule has 0 spiro atoms. The molecule has 3 aromatic carbocycles. The Balaban J connectivity index is 1.86. The lowest BCUT2D eigenvalue weighted by Gasteiger charge is -2.27. The number of benzene rings is 3. The summed E-state index contributed by atoms with van der Waals surface area (Å²) in [5.74, 6) is -0.0693. The van der Waals surface area contributed by atoms with Crippen LogP contribution in [0.25, 0.3) is 0 Å². The number of hydrazone groups is 1. The Morgan fingerprint density at radius 1 is 0.933 bits per heavy atom. The third-order valence-corrected chi connectivity index (χ3v) is 5.18. The van der Waals surface area contributed by atoms with Gasteiger partial charge in [0.2, 0.25) is 0 Å². The average molecular weight is 400 g/mol. The monoisotopic (exact) mass is 400 g/mol. The molecule has 30 heavy (non-hydrogen) atoms. The van der Waals surface area contributed by atoms with Gasteiger partial charge in [0.1, 0.15) is 11.7 Å². The van der Waals surface area contributed by atoms with E-state index in [4.69, 9.17) is 14.6 Å². The highest BCUT2D eigenvalue weighted by Gasteiger charge is 2.45. The lowest BCUT2D eigenvalue weighted by molar-refractivity contribution is -0.146. The van der Waals surface area contributed by atoms with Crippen LogP contribution < -0.4 is 9.75 Å². The lowest BCUT2D eigenvalue weighted by Crippen LogP contribution is -2.33. The summed E-state index contributed by atoms with van der Waals surface area (Å²) in [6, 6.07) is 27.1. The van der Waals surface area contributed by atoms with E-state index in [0.29, 0.717) is 12.3 Å². The molecule has 0 aliphatic carbocycles. The Morgan fingerprint density at radius 2 is 1.57 bits per heavy atom. The minimum Gasteiger partial charge on any atom is -0.497 e. The maximum atomic E-state index is 13.2. The first kappa shape index (κ1) is 19.7. The maximum Gasteiger partial charge on any atom is 0.317 e. The smallest absolute Gasteiger partial charge is 0.317 e. The van der Waals surface area contributed by atoms with E-state index in [1.807, 2.05) is 96.9 Å². The van der Waals surface area contributed by atoms with Gasteiger partial charge in [0.15, 0.2) is 0 Å². The summed E-state index contributed by atoms with van der Waals surface area (Å²) in [4.78, 5) is 13.2. The quantitative estimate of drug-likeness (QED) is 0.556. The molecule has 0 bridgehead atoms. The van der Waals surface area contributed by atoms with Gasteiger partial charge in [-0.2, -0.15) is 5.10 Å². The first-order valence-corrected chi connectivity index (χ1v) is 10.0. The fourth-order valence-corrected chi connectivity index (χ4v) is 3.78. The van der Waals surface area contributed by atoms with Crippen LogP contribution in [0, 0.1) is 5.92 Å². The van der Waals surface area contributed by atoms with E-state index in [-0.39, 0.29) is 12.0 Å². The van der Waals surface area contributed by atoms with E-state index in [1.54, 1.807) is 7.11 Å². The van der Waals surface area contributed by atoms with Crippen molar-refractivity contribution in [2.24, 2.45) is 11.0 Å². The molecule has 5 nitrogen and oxygen atoms in total. The predicted molar refractivity (Wildman–Crippen MR) is 118 cm³/mol. The van der Waals surface area contributed by atoms with Gasteiger partial charge in [0.05, 0.1) is 31.2 Å². The van der Waals surface area contributed by atoms with Crippen molar-refractivity contribution in [1.29, 1.82) is 0 Å². The highest BCUT2D eigenvalue weighted by atomic mass is 16.5. The summed E-state index contributed by atoms with van der Waals surface area (Å²) in [5, 5.41) is 6.85. The van der Waals surface area contributed by atoms with Crippen LogP contribution in [-0.2, 0) is 9.53 Å². The molecule has 1 aliphatic heterocycles. The molecule has 0 N–H and O–H groups in total. The van der Waals surface area contributed by atoms with Crippen molar-refractivity contribution in [1.82, 2.24) is 0 Å². The first-order valence-electron chi connectivity index (χ1n) is 10.0. The number of carbonyl (C=O) groups is 1. The van der Waals surface area contributed by atoms with Gasteiger partial charge < -0.3 is 9.47 Å². The number of carbonyl (C=O) groups excluding carboxylic acids is 1. The summed E-state index contributed by atoms with van der Waals surface area (Å²) in [5.41, 5.74) is 3.50. The number of hydrogen-bond acceptors (Lipinski definition) is 5. The first-order chi connectivity index (χ1) is 14.7. The Bertz CT molecular complexity index is 1020. The summed E-state index contributed by atoms with van der Waals surface area (Å²) in [7, 11) is 1.64. The molecule has 0 saturated carbocycles. The number of nitrogens with zero attached hydrogens (tertiary/aromatic N) is 2. The summed E-state index contributed by atoms with van der Waals surface area (Å²) in [6.07, 6.45) is 0. The number of hydrogen-bond donors (Lipinski definition) is 0. The van der Waals surface area contributed by atoms with E-state index in [2.05, 4.69) is 0 Å². The van der Waals surface area contributed by atoms with Gasteiger partial charge in [-0.05, 0) is 42.3 Å². The summed E-state index contributed by atoms with van der Waals surface area (Å²) < 4.78 is 10.8. The van der Waals surface area contributed by atoms with Crippen molar-refractivity contribution in [2.75, 3.05) is 18.7 Å². The second-order valence-corrected chi connectivity index (χ2v) is 6.98. The Kier molecular flexibility index (Phi) is 5.80. The van der Waals surface area contributed by atoms with Crippen molar-refractivity contribution in [3.05, 3.63) is 96.1 Å². The fourth-order valence-electron chi connectivity index (χ4n) is 3.78. The van der Waals surface area contributed by atoms with Crippen LogP contribution in [0.3, 0.4) is 0 Å². The Hall–Kier alpha value is -3.60. The molecule has 4 rings (SSSR count). The average Bonchev–Trinajstić information content (AvgIpc) is 3.21. The van der Waals surface area contributed by atoms with Crippen LogP contribution in [-0.4, -0.2) is 25.4 Å². The van der Waals surface area contributed by atoms with E-state index in [0.717, 1.165) is 22.6 Å². The molecule has 0 unspecified atom stereocenters. The topological polar surface area (TPSA) is 51.1 Å². The molecule has 0 aromatic heterocycles. The van der Waals surface area contributed by atoms with Gasteiger partial charge in [-0.3, -0.25) is 9.80 Å². The molecular formula is C25H24N2O3. The molecule has 2 atom stereocenters. The van der Waals surface area contributed by atoms with Gasteiger partial charge in [-0.1, -0.05) is 60.7 Å². The van der Waals surface area contributed by atoms with Gasteiger partial charge in [-0.25, -0.2) is 0 Å². The van der Waals surface area contributed by atoms with E-state index in [9.17, 15) is 4.79 Å². The van der Waals surface area contributed by atoms with E-state index >= 15 is 0 Å². The third-order valence-electron chi connectivity index (χ3n) is 5.18. The normalized spacial score (nSPS) is 18.1. The minimum absolute atomic E-state index is 0.278. The molecular weight excluding hydrogens is 376 g/mol. The minimum atomic E-state index is -0.555. The molecule has 5 heteroatoms. The van der Waals surface area contributed by atoms with Crippen LogP contribution >= 0.6 is 0 Å². The van der Waals surface area contributed by atoms with Crippen molar-refractivity contribution in [3.8, 4) is 5.75 Å². The molecule has 1 heterocycles. The molecule has 0 saturated heterocycles. The number of anilines is 1. The standard InChI is InChI=1S/C25H24N2O3/c1-3-30-25(28)22-23(18-10-6-4-7-11-18)26-27(20-12-8-5-9-13-20)24(22)19-14-16-21(29-2)17-15-19/h4-17,22,24H,3H2,1-2H3/t22-,24+/m0/s1. The van der Waals surface area contributed by atoms with Crippen LogP contribution in [0.15, 0.2) is 90.0 Å². The second kappa shape index (κ2) is 8.82. The molecule has 1 aliphatic rings. The van der Waals surface area contributed by atoms with Crippen molar-refractivity contribution in [3.63, 3.8) is 0 Å². The molecule has 0 fully saturated rings. The SMILES string of the molecule is CCOC(=O)[C@H]1C(c2ccccc2)=NN(c2ccccc2)[C@@H]1c1ccc(OC)cc1. The highest BCUT2D eigenvalue weighted by molar-refractivity contribution is 6.14. The lowest BCUT2D eigenvalue weighted by atomic mass is 9.87. The van der Waals surface area contributed by atoms with Crippen molar-refractivity contribution in [2.45, 2.75) is 13.0 Å². The molecule has 3 aromatic rings. The largest absolute Gasteiger partial charge is 0.497 e.